The molecule has 2 fully saturated rings. The van der Waals surface area contributed by atoms with E-state index in [1.54, 1.807) is 6.20 Å². The van der Waals surface area contributed by atoms with E-state index in [1.165, 1.54) is 12.1 Å². The van der Waals surface area contributed by atoms with Crippen molar-refractivity contribution in [2.24, 2.45) is 0 Å². The Morgan fingerprint density at radius 2 is 2.06 bits per heavy atom. The quantitative estimate of drug-likeness (QED) is 0.627. The van der Waals surface area contributed by atoms with Gasteiger partial charge in [-0.05, 0) is 13.0 Å². The topological polar surface area (TPSA) is 66.4 Å². The summed E-state index contributed by atoms with van der Waals surface area (Å²) in [6, 6.07) is 6.31. The van der Waals surface area contributed by atoms with E-state index in [-0.39, 0.29) is 12.1 Å². The smallest absolute Gasteiger partial charge is 0.266 e. The van der Waals surface area contributed by atoms with E-state index < -0.39 is 17.8 Å². The molecule has 0 spiro atoms. The van der Waals surface area contributed by atoms with Gasteiger partial charge in [0.1, 0.15) is 11.6 Å². The minimum absolute atomic E-state index is 0.00891. The number of hydrogen-bond acceptors (Lipinski definition) is 7. The fourth-order valence-corrected chi connectivity index (χ4v) is 4.50. The zero-order valence-corrected chi connectivity index (χ0v) is 18.3. The third kappa shape index (κ3) is 4.32. The Morgan fingerprint density at radius 3 is 2.91 bits per heavy atom. The predicted molar refractivity (Wildman–Crippen MR) is 119 cm³/mol. The van der Waals surface area contributed by atoms with E-state index in [2.05, 4.69) is 30.3 Å². The fourth-order valence-electron chi connectivity index (χ4n) is 4.50. The number of benzene rings is 1. The summed E-state index contributed by atoms with van der Waals surface area (Å²) >= 11 is 0. The highest BCUT2D eigenvalue weighted by Gasteiger charge is 2.30. The van der Waals surface area contributed by atoms with E-state index in [1.807, 2.05) is 13.0 Å². The maximum atomic E-state index is 14.5. The van der Waals surface area contributed by atoms with Crippen LogP contribution in [0.25, 0.3) is 10.8 Å². The molecular weight excluding hydrogens is 433 g/mol. The van der Waals surface area contributed by atoms with Crippen LogP contribution in [0.2, 0.25) is 0 Å². The van der Waals surface area contributed by atoms with E-state index in [0.29, 0.717) is 18.5 Å². The number of hydrogen-bond donors (Lipinski definition) is 1. The first-order chi connectivity index (χ1) is 16.0. The molecule has 7 nitrogen and oxygen atoms in total. The number of rotatable bonds is 5. The Balaban J connectivity index is 1.41. The molecule has 4 heterocycles. The molecule has 0 aliphatic carbocycles. The van der Waals surface area contributed by atoms with Gasteiger partial charge in [-0.25, -0.2) is 18.2 Å². The molecule has 0 radical (unpaired) electrons. The predicted octanol–water partition coefficient (Wildman–Crippen LogP) is 3.54. The zero-order chi connectivity index (χ0) is 22.9. The van der Waals surface area contributed by atoms with Crippen molar-refractivity contribution in [2.45, 2.75) is 25.9 Å². The first-order valence-corrected chi connectivity index (χ1v) is 11.0. The first-order valence-electron chi connectivity index (χ1n) is 11.0. The normalized spacial score (nSPS) is 19.2. The lowest BCUT2D eigenvalue weighted by Crippen LogP contribution is -2.58. The third-order valence-corrected chi connectivity index (χ3v) is 6.39. The second-order valence-corrected chi connectivity index (χ2v) is 8.41. The van der Waals surface area contributed by atoms with Crippen molar-refractivity contribution in [3.05, 3.63) is 53.1 Å². The summed E-state index contributed by atoms with van der Waals surface area (Å²) in [6.45, 7) is 6.94. The lowest BCUT2D eigenvalue weighted by molar-refractivity contribution is -0.0117. The van der Waals surface area contributed by atoms with Crippen molar-refractivity contribution in [1.82, 2.24) is 20.1 Å². The molecule has 33 heavy (non-hydrogen) atoms. The van der Waals surface area contributed by atoms with Crippen molar-refractivity contribution in [3.63, 3.8) is 0 Å². The molecular formula is C23H25F3N6O. The summed E-state index contributed by atoms with van der Waals surface area (Å²) in [5.41, 5.74) is 0.267. The molecule has 1 unspecified atom stereocenters. The standard InChI is InChI=1S/C23H25F3N6O/c1-14-19-11-27-20(32-6-5-31-7-8-33-13-16(31)12-32)9-18(19)23(30-29-14)28-10-15-3-2-4-17(21(15)24)22(25)26/h2-4,9,11,16,22H,5-8,10,12-13H2,1H3,(H,28,30). The van der Waals surface area contributed by atoms with E-state index in [0.717, 1.165) is 61.1 Å². The summed E-state index contributed by atoms with van der Waals surface area (Å²) in [5.74, 6) is 0.383. The summed E-state index contributed by atoms with van der Waals surface area (Å²) < 4.78 is 46.2. The van der Waals surface area contributed by atoms with Crippen molar-refractivity contribution >= 4 is 22.4 Å². The molecule has 1 aromatic carbocycles. The van der Waals surface area contributed by atoms with Gasteiger partial charge in [0, 0.05) is 55.3 Å². The van der Waals surface area contributed by atoms with Crippen LogP contribution in [0.1, 0.15) is 23.2 Å². The molecule has 0 bridgehead atoms. The Hall–Kier alpha value is -2.98. The number of alkyl halides is 2. The number of nitrogens with zero attached hydrogens (tertiary/aromatic N) is 5. The number of pyridine rings is 1. The van der Waals surface area contributed by atoms with Gasteiger partial charge in [-0.15, -0.1) is 5.10 Å². The summed E-state index contributed by atoms with van der Waals surface area (Å²) in [7, 11) is 0. The van der Waals surface area contributed by atoms with Gasteiger partial charge in [-0.3, -0.25) is 4.90 Å². The molecule has 2 aliphatic rings. The van der Waals surface area contributed by atoms with Gasteiger partial charge >= 0.3 is 0 Å². The van der Waals surface area contributed by atoms with Gasteiger partial charge in [0.15, 0.2) is 5.82 Å². The highest BCUT2D eigenvalue weighted by atomic mass is 19.3. The van der Waals surface area contributed by atoms with Crippen molar-refractivity contribution < 1.29 is 17.9 Å². The summed E-state index contributed by atoms with van der Waals surface area (Å²) in [5, 5.41) is 13.2. The van der Waals surface area contributed by atoms with Gasteiger partial charge < -0.3 is 15.0 Å². The Bertz CT molecular complexity index is 1160. The van der Waals surface area contributed by atoms with Crippen LogP contribution < -0.4 is 10.2 Å². The highest BCUT2D eigenvalue weighted by molar-refractivity contribution is 5.94. The zero-order valence-electron chi connectivity index (χ0n) is 18.3. The largest absolute Gasteiger partial charge is 0.378 e. The van der Waals surface area contributed by atoms with Crippen LogP contribution in [-0.4, -0.2) is 65.5 Å². The van der Waals surface area contributed by atoms with Crippen LogP contribution in [0.4, 0.5) is 24.8 Å². The van der Waals surface area contributed by atoms with Gasteiger partial charge in [0.2, 0.25) is 0 Å². The fraction of sp³-hybridized carbons (Fsp3) is 0.435. The molecule has 2 aromatic heterocycles. The van der Waals surface area contributed by atoms with Crippen molar-refractivity contribution in [3.8, 4) is 0 Å². The molecule has 1 N–H and O–H groups in total. The maximum absolute atomic E-state index is 14.5. The molecule has 10 heteroatoms. The Kier molecular flexibility index (Phi) is 6.03. The average Bonchev–Trinajstić information content (AvgIpc) is 2.83. The second kappa shape index (κ2) is 9.11. The van der Waals surface area contributed by atoms with Crippen LogP contribution >= 0.6 is 0 Å². The van der Waals surface area contributed by atoms with Crippen molar-refractivity contribution in [1.29, 1.82) is 0 Å². The first kappa shape index (κ1) is 21.8. The number of aromatic nitrogens is 3. The molecule has 174 valence electrons. The molecule has 2 aliphatic heterocycles. The summed E-state index contributed by atoms with van der Waals surface area (Å²) in [4.78, 5) is 9.35. The number of morpholine rings is 1. The second-order valence-electron chi connectivity index (χ2n) is 8.41. The van der Waals surface area contributed by atoms with Crippen LogP contribution in [0.5, 0.6) is 0 Å². The minimum Gasteiger partial charge on any atom is -0.378 e. The average molecular weight is 458 g/mol. The third-order valence-electron chi connectivity index (χ3n) is 6.39. The van der Waals surface area contributed by atoms with Crippen LogP contribution in [0, 0.1) is 12.7 Å². The molecule has 2 saturated heterocycles. The molecule has 1 atom stereocenters. The van der Waals surface area contributed by atoms with E-state index in [9.17, 15) is 13.2 Å². The molecule has 0 amide bonds. The number of ether oxygens (including phenoxy) is 1. The SMILES string of the molecule is Cc1nnc(NCc2cccc(C(F)F)c2F)c2cc(N3CCN4CCOCC4C3)ncc12. The number of halogens is 3. The van der Waals surface area contributed by atoms with Crippen LogP contribution in [0.15, 0.2) is 30.5 Å². The van der Waals surface area contributed by atoms with Crippen LogP contribution in [0.3, 0.4) is 0 Å². The molecule has 5 rings (SSSR count). The Labute approximate surface area is 189 Å². The number of aryl methyl sites for hydroxylation is 1. The van der Waals surface area contributed by atoms with Gasteiger partial charge in [-0.1, -0.05) is 18.2 Å². The molecule has 0 saturated carbocycles. The summed E-state index contributed by atoms with van der Waals surface area (Å²) in [6.07, 6.45) is -1.09. The number of anilines is 2. The highest BCUT2D eigenvalue weighted by Crippen LogP contribution is 2.29. The number of fused-ring (bicyclic) bond motifs is 2. The van der Waals surface area contributed by atoms with Gasteiger partial charge in [0.05, 0.1) is 30.5 Å². The Morgan fingerprint density at radius 1 is 1.18 bits per heavy atom. The lowest BCUT2D eigenvalue weighted by Gasteiger charge is -2.44. The van der Waals surface area contributed by atoms with Crippen LogP contribution in [-0.2, 0) is 11.3 Å². The lowest BCUT2D eigenvalue weighted by atomic mass is 10.1. The molecule has 3 aromatic rings. The monoisotopic (exact) mass is 458 g/mol. The van der Waals surface area contributed by atoms with E-state index >= 15 is 0 Å². The van der Waals surface area contributed by atoms with Crippen molar-refractivity contribution in [2.75, 3.05) is 49.6 Å². The van der Waals surface area contributed by atoms with Gasteiger partial charge in [-0.2, -0.15) is 5.10 Å². The van der Waals surface area contributed by atoms with E-state index in [4.69, 9.17) is 4.74 Å². The minimum atomic E-state index is -2.87. The number of nitrogens with one attached hydrogen (secondary N) is 1. The van der Waals surface area contributed by atoms with Gasteiger partial charge in [0.25, 0.3) is 6.43 Å². The number of piperazine rings is 1. The maximum Gasteiger partial charge on any atom is 0.266 e.